The number of aryl methyl sites for hydroxylation is 1. The fourth-order valence-corrected chi connectivity index (χ4v) is 1.75. The Balaban J connectivity index is 1.96. The second kappa shape index (κ2) is 6.84. The van der Waals surface area contributed by atoms with E-state index < -0.39 is 11.7 Å². The third-order valence-corrected chi connectivity index (χ3v) is 2.73. The van der Waals surface area contributed by atoms with Crippen LogP contribution in [0.5, 0.6) is 0 Å². The van der Waals surface area contributed by atoms with Gasteiger partial charge < -0.3 is 0 Å². The molecule has 0 spiro atoms. The number of rotatable bonds is 4. The molecule has 0 atom stereocenters. The number of thiocarbonyl (C=S) groups is 1. The third-order valence-electron chi connectivity index (χ3n) is 2.53. The van der Waals surface area contributed by atoms with Crippen LogP contribution in [0.1, 0.15) is 23.7 Å². The van der Waals surface area contributed by atoms with Crippen molar-refractivity contribution >= 4 is 29.2 Å². The summed E-state index contributed by atoms with van der Waals surface area (Å²) in [6, 6.07) is 5.14. The Morgan fingerprint density at radius 3 is 2.76 bits per heavy atom. The Kier molecular flexibility index (Phi) is 4.88. The highest BCUT2D eigenvalue weighted by atomic mass is 32.1. The van der Waals surface area contributed by atoms with Gasteiger partial charge in [0.15, 0.2) is 5.11 Å². The van der Waals surface area contributed by atoms with Gasteiger partial charge in [-0.25, -0.2) is 9.07 Å². The highest BCUT2D eigenvalue weighted by molar-refractivity contribution is 7.80. The monoisotopic (exact) mass is 308 g/mol. The lowest BCUT2D eigenvalue weighted by molar-refractivity contribution is 0.0977. The largest absolute Gasteiger partial charge is 0.300 e. The van der Waals surface area contributed by atoms with E-state index in [0.29, 0.717) is 18.1 Å². The smallest absolute Gasteiger partial charge is 0.257 e. The molecule has 0 aliphatic carbocycles. The van der Waals surface area contributed by atoms with Gasteiger partial charge in [0.25, 0.3) is 5.91 Å². The number of benzene rings is 1. The molecule has 0 saturated heterocycles. The molecule has 1 aromatic heterocycles. The first-order valence-electron chi connectivity index (χ1n) is 6.24. The molecule has 0 bridgehead atoms. The Labute approximate surface area is 125 Å². The van der Waals surface area contributed by atoms with E-state index in [1.165, 1.54) is 28.9 Å². The van der Waals surface area contributed by atoms with Crippen molar-refractivity contribution in [2.24, 2.45) is 0 Å². The minimum atomic E-state index is -0.443. The van der Waals surface area contributed by atoms with Crippen LogP contribution in [0.15, 0.2) is 24.3 Å². The van der Waals surface area contributed by atoms with E-state index in [0.717, 1.165) is 6.42 Å². The maximum Gasteiger partial charge on any atom is 0.257 e. The minimum Gasteiger partial charge on any atom is -0.300 e. The first-order valence-corrected chi connectivity index (χ1v) is 6.65. The first-order chi connectivity index (χ1) is 10.1. The molecule has 0 aliphatic heterocycles. The lowest BCUT2D eigenvalue weighted by Crippen LogP contribution is -2.35. The number of carbonyl (C=O) groups excluding carboxylic acids is 1. The molecule has 110 valence electrons. The summed E-state index contributed by atoms with van der Waals surface area (Å²) in [4.78, 5) is 11.9. The van der Waals surface area contributed by atoms with Crippen molar-refractivity contribution in [3.8, 4) is 0 Å². The van der Waals surface area contributed by atoms with Crippen molar-refractivity contribution in [2.75, 3.05) is 5.32 Å². The lowest BCUT2D eigenvalue weighted by atomic mass is 10.2. The zero-order chi connectivity index (χ0) is 15.2. The highest BCUT2D eigenvalue weighted by Crippen LogP contribution is 2.04. The van der Waals surface area contributed by atoms with Crippen molar-refractivity contribution in [1.29, 1.82) is 0 Å². The Hall–Kier alpha value is -2.42. The summed E-state index contributed by atoms with van der Waals surface area (Å²) in [5.74, 6) is -0.505. The Morgan fingerprint density at radius 1 is 1.38 bits per heavy atom. The fraction of sp³-hybridized carbons (Fsp3) is 0.250. The van der Waals surface area contributed by atoms with Gasteiger partial charge in [-0.2, -0.15) is 0 Å². The molecule has 0 aliphatic rings. The maximum absolute atomic E-state index is 12.8. The van der Waals surface area contributed by atoms with Crippen LogP contribution in [-0.2, 0) is 6.54 Å². The standard InChI is InChI=1S/C12H13FN6OS/c1-2-7-19-11(16-17-18-19)15-12(21)14-10(20)8-3-5-9(13)6-4-8/h3-6H,2,7H2,1H3,(H2,14,15,16,18,20,21). The van der Waals surface area contributed by atoms with Crippen LogP contribution < -0.4 is 10.6 Å². The number of aromatic nitrogens is 4. The molecule has 2 aromatic rings. The summed E-state index contributed by atoms with van der Waals surface area (Å²) < 4.78 is 14.3. The van der Waals surface area contributed by atoms with Gasteiger partial charge in [-0.1, -0.05) is 12.0 Å². The van der Waals surface area contributed by atoms with Crippen LogP contribution >= 0.6 is 12.2 Å². The maximum atomic E-state index is 12.8. The van der Waals surface area contributed by atoms with E-state index in [1.807, 2.05) is 6.92 Å². The molecular weight excluding hydrogens is 295 g/mol. The Morgan fingerprint density at radius 2 is 2.10 bits per heavy atom. The van der Waals surface area contributed by atoms with E-state index in [-0.39, 0.29) is 5.11 Å². The predicted octanol–water partition coefficient (Wildman–Crippen LogP) is 1.35. The molecule has 1 aromatic carbocycles. The van der Waals surface area contributed by atoms with Crippen LogP contribution in [0.2, 0.25) is 0 Å². The zero-order valence-electron chi connectivity index (χ0n) is 11.2. The van der Waals surface area contributed by atoms with Gasteiger partial charge >= 0.3 is 0 Å². The summed E-state index contributed by atoms with van der Waals surface area (Å²) in [5, 5.41) is 16.4. The number of anilines is 1. The SMILES string of the molecule is CCCn1nnnc1NC(=S)NC(=O)c1ccc(F)cc1. The summed E-state index contributed by atoms with van der Waals surface area (Å²) in [6.07, 6.45) is 0.856. The predicted molar refractivity (Wildman–Crippen MR) is 78.2 cm³/mol. The fourth-order valence-electron chi connectivity index (χ4n) is 1.57. The van der Waals surface area contributed by atoms with Crippen LogP contribution in [0, 0.1) is 5.82 Å². The van der Waals surface area contributed by atoms with Crippen LogP contribution in [-0.4, -0.2) is 31.2 Å². The molecule has 7 nitrogen and oxygen atoms in total. The van der Waals surface area contributed by atoms with Crippen molar-refractivity contribution in [3.05, 3.63) is 35.6 Å². The highest BCUT2D eigenvalue weighted by Gasteiger charge is 2.11. The second-order valence-corrected chi connectivity index (χ2v) is 4.55. The minimum absolute atomic E-state index is 0.0662. The quantitative estimate of drug-likeness (QED) is 0.829. The number of hydrogen-bond donors (Lipinski definition) is 2. The van der Waals surface area contributed by atoms with Gasteiger partial charge in [0.2, 0.25) is 5.95 Å². The molecule has 2 rings (SSSR count). The number of tetrazole rings is 1. The van der Waals surface area contributed by atoms with Crippen molar-refractivity contribution < 1.29 is 9.18 Å². The zero-order valence-corrected chi connectivity index (χ0v) is 12.0. The summed E-state index contributed by atoms with van der Waals surface area (Å²) >= 11 is 5.02. The van der Waals surface area contributed by atoms with Crippen molar-refractivity contribution in [3.63, 3.8) is 0 Å². The van der Waals surface area contributed by atoms with Gasteiger partial charge in [-0.3, -0.25) is 15.4 Å². The number of nitrogens with zero attached hydrogens (tertiary/aromatic N) is 4. The van der Waals surface area contributed by atoms with Crippen LogP contribution in [0.4, 0.5) is 10.3 Å². The molecule has 21 heavy (non-hydrogen) atoms. The average molecular weight is 308 g/mol. The number of nitrogens with one attached hydrogen (secondary N) is 2. The number of amides is 1. The van der Waals surface area contributed by atoms with E-state index in [9.17, 15) is 9.18 Å². The molecule has 1 amide bonds. The second-order valence-electron chi connectivity index (χ2n) is 4.14. The third kappa shape index (κ3) is 4.02. The summed E-state index contributed by atoms with van der Waals surface area (Å²) in [7, 11) is 0. The summed E-state index contributed by atoms with van der Waals surface area (Å²) in [5.41, 5.74) is 0.300. The molecule has 0 unspecified atom stereocenters. The molecule has 2 N–H and O–H groups in total. The van der Waals surface area contributed by atoms with Crippen molar-refractivity contribution in [1.82, 2.24) is 25.5 Å². The lowest BCUT2D eigenvalue weighted by Gasteiger charge is -2.09. The van der Waals surface area contributed by atoms with E-state index in [4.69, 9.17) is 12.2 Å². The topological polar surface area (TPSA) is 84.7 Å². The number of carbonyl (C=O) groups is 1. The van der Waals surface area contributed by atoms with Gasteiger partial charge in [0.05, 0.1) is 0 Å². The molecule has 0 fully saturated rings. The molecule has 0 saturated carbocycles. The van der Waals surface area contributed by atoms with Crippen molar-refractivity contribution in [2.45, 2.75) is 19.9 Å². The van der Waals surface area contributed by atoms with Gasteiger partial charge in [0, 0.05) is 12.1 Å². The van der Waals surface area contributed by atoms with E-state index in [2.05, 4.69) is 26.2 Å². The molecular formula is C12H13FN6OS. The van der Waals surface area contributed by atoms with Crippen LogP contribution in [0.3, 0.4) is 0 Å². The Bertz CT molecular complexity index is 641. The van der Waals surface area contributed by atoms with E-state index in [1.54, 1.807) is 0 Å². The molecule has 1 heterocycles. The van der Waals surface area contributed by atoms with Gasteiger partial charge in [0.1, 0.15) is 5.82 Å². The molecule has 9 heteroatoms. The summed E-state index contributed by atoms with van der Waals surface area (Å²) in [6.45, 7) is 2.62. The number of hydrogen-bond acceptors (Lipinski definition) is 5. The molecule has 0 radical (unpaired) electrons. The van der Waals surface area contributed by atoms with Gasteiger partial charge in [-0.05, 0) is 53.3 Å². The number of halogens is 1. The van der Waals surface area contributed by atoms with Crippen LogP contribution in [0.25, 0.3) is 0 Å². The average Bonchev–Trinajstić information content (AvgIpc) is 2.87. The normalized spacial score (nSPS) is 10.2. The van der Waals surface area contributed by atoms with E-state index >= 15 is 0 Å². The first kappa shape index (κ1) is 15.0. The van der Waals surface area contributed by atoms with Gasteiger partial charge in [-0.15, -0.1) is 0 Å².